The van der Waals surface area contributed by atoms with E-state index in [-0.39, 0.29) is 39.6 Å². The first-order valence-electron chi connectivity index (χ1n) is 24.8. The van der Waals surface area contributed by atoms with Crippen molar-refractivity contribution in [2.75, 3.05) is 13.2 Å². The van der Waals surface area contributed by atoms with Gasteiger partial charge in [0.25, 0.3) is 0 Å². The number of aliphatic hydroxyl groups excluding tert-OH is 1. The van der Waals surface area contributed by atoms with Crippen LogP contribution in [0.15, 0.2) is 211 Å². The van der Waals surface area contributed by atoms with Gasteiger partial charge >= 0.3 is 11.9 Å². The topological polar surface area (TPSA) is 137 Å². The SMILES string of the molecule is Cc1ccc(S[C@H]2O[C@@H](COC(=O)c3ccccc3)[C@H](O[C@@H]3O[C@@H](COC(=O)c4ccccc4)[C@H](O)[C@@H](OCc4ccccc4)[C@@H]3OCc3ccccc3)[C@@H](OCc3ccccc3)[C@@H]2OCc2ccccc2)cc1. The van der Waals surface area contributed by atoms with Gasteiger partial charge in [0.05, 0.1) is 37.6 Å². The summed E-state index contributed by atoms with van der Waals surface area (Å²) >= 11 is 1.46. The lowest BCUT2D eigenvalue weighted by Crippen LogP contribution is -2.65. The minimum Gasteiger partial charge on any atom is -0.459 e. The van der Waals surface area contributed by atoms with Gasteiger partial charge in [-0.1, -0.05) is 187 Å². The second-order valence-corrected chi connectivity index (χ2v) is 19.3. The first kappa shape index (κ1) is 52.4. The molecule has 0 aliphatic carbocycles. The average Bonchev–Trinajstić information content (AvgIpc) is 3.45. The number of hydrogen-bond acceptors (Lipinski definition) is 13. The summed E-state index contributed by atoms with van der Waals surface area (Å²) in [6.07, 6.45) is -9.98. The molecule has 2 heterocycles. The van der Waals surface area contributed by atoms with Crippen LogP contribution in [0.3, 0.4) is 0 Å². The first-order valence-corrected chi connectivity index (χ1v) is 25.7. The third-order valence-corrected chi connectivity index (χ3v) is 13.8. The van der Waals surface area contributed by atoms with E-state index >= 15 is 0 Å². The maximum absolute atomic E-state index is 13.8. The highest BCUT2D eigenvalue weighted by atomic mass is 32.2. The molecule has 0 spiro atoms. The molecule has 0 saturated carbocycles. The van der Waals surface area contributed by atoms with Crippen molar-refractivity contribution in [3.8, 4) is 0 Å². The summed E-state index contributed by atoms with van der Waals surface area (Å²) in [6, 6.07) is 64.2. The molecular weight excluding hydrogens is 957 g/mol. The van der Waals surface area contributed by atoms with E-state index in [1.165, 1.54) is 11.8 Å². The average molecular weight is 1020 g/mol. The number of benzene rings is 7. The third-order valence-electron chi connectivity index (χ3n) is 12.7. The largest absolute Gasteiger partial charge is 0.459 e. The molecule has 0 unspecified atom stereocenters. The van der Waals surface area contributed by atoms with Crippen molar-refractivity contribution in [3.05, 3.63) is 245 Å². The van der Waals surface area contributed by atoms with E-state index in [2.05, 4.69) is 0 Å². The van der Waals surface area contributed by atoms with Crippen molar-refractivity contribution >= 4 is 23.7 Å². The van der Waals surface area contributed by atoms with Crippen molar-refractivity contribution in [2.45, 2.75) is 98.8 Å². The second-order valence-electron chi connectivity index (χ2n) is 18.1. The van der Waals surface area contributed by atoms with Gasteiger partial charge in [-0.3, -0.25) is 0 Å². The Morgan fingerprint density at radius 1 is 0.446 bits per heavy atom. The Morgan fingerprint density at radius 2 is 0.838 bits per heavy atom. The molecule has 2 saturated heterocycles. The Kier molecular flexibility index (Phi) is 18.9. The molecule has 7 aromatic rings. The maximum Gasteiger partial charge on any atom is 0.338 e. The third kappa shape index (κ3) is 14.4. The summed E-state index contributed by atoms with van der Waals surface area (Å²) in [5.41, 5.74) is 4.58. The van der Waals surface area contributed by atoms with E-state index in [4.69, 9.17) is 42.6 Å². The number of aliphatic hydroxyl groups is 1. The van der Waals surface area contributed by atoms with E-state index in [1.54, 1.807) is 54.6 Å². The van der Waals surface area contributed by atoms with Crippen LogP contribution in [-0.2, 0) is 69.1 Å². The fourth-order valence-corrected chi connectivity index (χ4v) is 9.87. The quantitative estimate of drug-likeness (QED) is 0.0646. The van der Waals surface area contributed by atoms with Crippen molar-refractivity contribution in [3.63, 3.8) is 0 Å². The van der Waals surface area contributed by atoms with Gasteiger partial charge in [0, 0.05) is 4.90 Å². The van der Waals surface area contributed by atoms with Crippen LogP contribution in [0, 0.1) is 6.92 Å². The molecule has 0 bridgehead atoms. The highest BCUT2D eigenvalue weighted by Crippen LogP contribution is 2.40. The van der Waals surface area contributed by atoms with Crippen molar-refractivity contribution in [2.24, 2.45) is 0 Å². The van der Waals surface area contributed by atoms with Crippen molar-refractivity contribution < 1.29 is 57.3 Å². The summed E-state index contributed by atoms with van der Waals surface area (Å²) in [7, 11) is 0. The van der Waals surface area contributed by atoms with Crippen LogP contribution in [0.25, 0.3) is 0 Å². The highest BCUT2D eigenvalue weighted by Gasteiger charge is 2.54. The fourth-order valence-electron chi connectivity index (χ4n) is 8.75. The Balaban J connectivity index is 1.12. The minimum absolute atomic E-state index is 0.0889. The summed E-state index contributed by atoms with van der Waals surface area (Å²) < 4.78 is 60.7. The number of carbonyl (C=O) groups is 2. The van der Waals surface area contributed by atoms with Gasteiger partial charge in [0.2, 0.25) is 0 Å². The fraction of sp³-hybridized carbons (Fsp3) is 0.279. The molecule has 9 rings (SSSR count). The van der Waals surface area contributed by atoms with Gasteiger partial charge in [-0.15, -0.1) is 0 Å². The van der Waals surface area contributed by atoms with Crippen LogP contribution in [0.1, 0.15) is 48.5 Å². The molecule has 1 N–H and O–H groups in total. The Bertz CT molecular complexity index is 2760. The molecule has 74 heavy (non-hydrogen) atoms. The van der Waals surface area contributed by atoms with Crippen LogP contribution in [0.4, 0.5) is 0 Å². The molecule has 0 aromatic heterocycles. The second kappa shape index (κ2) is 26.6. The number of hydrogen-bond donors (Lipinski definition) is 1. The molecule has 12 nitrogen and oxygen atoms in total. The Hall–Kier alpha value is -6.49. The monoisotopic (exact) mass is 1020 g/mol. The molecule has 0 amide bonds. The summed E-state index contributed by atoms with van der Waals surface area (Å²) in [4.78, 5) is 28.2. The molecule has 0 radical (unpaired) electrons. The number of aryl methyl sites for hydroxylation is 1. The Labute approximate surface area is 436 Å². The zero-order valence-electron chi connectivity index (χ0n) is 41.0. The molecule has 10 atom stereocenters. The molecule has 13 heteroatoms. The smallest absolute Gasteiger partial charge is 0.338 e. The van der Waals surface area contributed by atoms with Gasteiger partial charge in [-0.05, 0) is 65.6 Å². The van der Waals surface area contributed by atoms with Gasteiger partial charge in [0.15, 0.2) is 6.29 Å². The number of ether oxygens (including phenoxy) is 9. The molecule has 2 aliphatic rings. The van der Waals surface area contributed by atoms with Crippen LogP contribution < -0.4 is 0 Å². The highest BCUT2D eigenvalue weighted by molar-refractivity contribution is 7.99. The van der Waals surface area contributed by atoms with Gasteiger partial charge < -0.3 is 47.7 Å². The molecule has 2 aliphatic heterocycles. The van der Waals surface area contributed by atoms with Crippen LogP contribution >= 0.6 is 11.8 Å². The van der Waals surface area contributed by atoms with Crippen LogP contribution in [-0.4, -0.2) is 90.8 Å². The van der Waals surface area contributed by atoms with E-state index in [9.17, 15) is 14.7 Å². The summed E-state index contributed by atoms with van der Waals surface area (Å²) in [5, 5.41) is 12.4. The van der Waals surface area contributed by atoms with Gasteiger partial charge in [-0.25, -0.2) is 9.59 Å². The standard InChI is InChI=1S/C61H60O12S/c1-42-32-34-49(35-33-42)74-61-57(68-39-46-26-14-5-15-27-46)55(66-37-44-22-10-3-11-23-44)53(51(72-61)41-70-59(64)48-30-18-7-19-31-48)73-60-56(67-38-45-24-12-4-13-25-45)54(65-36-43-20-8-2-9-21-43)52(62)50(71-60)40-69-58(63)47-28-16-6-17-29-47/h2-35,50-57,60-62H,36-41H2,1H3/t50-,51-,52-,53-,54+,55+,56-,57-,60-,61+/m0/s1. The molecule has 2 fully saturated rings. The van der Waals surface area contributed by atoms with Crippen LogP contribution in [0.2, 0.25) is 0 Å². The predicted molar refractivity (Wildman–Crippen MR) is 279 cm³/mol. The molecular formula is C61H60O12S. The van der Waals surface area contributed by atoms with Gasteiger partial charge in [0.1, 0.15) is 67.5 Å². The lowest BCUT2D eigenvalue weighted by molar-refractivity contribution is -0.354. The number of rotatable bonds is 22. The number of esters is 2. The normalized spacial score (nSPS) is 23.6. The van der Waals surface area contributed by atoms with Crippen LogP contribution in [0.5, 0.6) is 0 Å². The lowest BCUT2D eigenvalue weighted by Gasteiger charge is -2.49. The van der Waals surface area contributed by atoms with Gasteiger partial charge in [-0.2, -0.15) is 0 Å². The zero-order chi connectivity index (χ0) is 50.9. The predicted octanol–water partition coefficient (Wildman–Crippen LogP) is 10.3. The first-order chi connectivity index (χ1) is 36.3. The van der Waals surface area contributed by atoms with Crippen molar-refractivity contribution in [1.29, 1.82) is 0 Å². The summed E-state index contributed by atoms with van der Waals surface area (Å²) in [6.45, 7) is 1.93. The van der Waals surface area contributed by atoms with Crippen molar-refractivity contribution in [1.82, 2.24) is 0 Å². The molecule has 7 aromatic carbocycles. The lowest BCUT2D eigenvalue weighted by atomic mass is 9.96. The number of carbonyl (C=O) groups excluding carboxylic acids is 2. The number of thioether (sulfide) groups is 1. The Morgan fingerprint density at radius 3 is 1.30 bits per heavy atom. The maximum atomic E-state index is 13.8. The van der Waals surface area contributed by atoms with E-state index in [0.29, 0.717) is 11.1 Å². The van der Waals surface area contributed by atoms with E-state index in [1.807, 2.05) is 159 Å². The minimum atomic E-state index is -1.38. The molecule has 382 valence electrons. The van der Waals surface area contributed by atoms with E-state index in [0.717, 1.165) is 32.7 Å². The van der Waals surface area contributed by atoms with E-state index < -0.39 is 72.5 Å². The summed E-state index contributed by atoms with van der Waals surface area (Å²) in [5.74, 6) is -1.16. The zero-order valence-corrected chi connectivity index (χ0v) is 41.8.